The topological polar surface area (TPSA) is 54.4 Å². The van der Waals surface area contributed by atoms with Gasteiger partial charge >= 0.3 is 0 Å². The molecule has 0 bridgehead atoms. The molecule has 0 aromatic heterocycles. The summed E-state index contributed by atoms with van der Waals surface area (Å²) in [6.07, 6.45) is 3.41. The monoisotopic (exact) mass is 254 g/mol. The minimum atomic E-state index is -4.09. The molecule has 17 heavy (non-hydrogen) atoms. The van der Waals surface area contributed by atoms with Crippen molar-refractivity contribution in [2.45, 2.75) is 43.9 Å². The van der Waals surface area contributed by atoms with Crippen LogP contribution in [0.1, 0.15) is 43.2 Å². The smallest absolute Gasteiger partial charge is 0.282 e. The average molecular weight is 254 g/mol. The maximum absolute atomic E-state index is 11.1. The molecule has 1 aromatic rings. The summed E-state index contributed by atoms with van der Waals surface area (Å²) >= 11 is 0. The third kappa shape index (κ3) is 2.69. The lowest BCUT2D eigenvalue weighted by Gasteiger charge is -2.14. The van der Waals surface area contributed by atoms with Crippen LogP contribution in [0.15, 0.2) is 23.1 Å². The van der Waals surface area contributed by atoms with Crippen LogP contribution in [0.2, 0.25) is 0 Å². The van der Waals surface area contributed by atoms with E-state index in [0.29, 0.717) is 11.8 Å². The SMILES string of the molecule is Cc1ccc(S(=O)(=O)O)cc1C1CCC(C)C1. The molecule has 3 nitrogen and oxygen atoms in total. The molecular weight excluding hydrogens is 236 g/mol. The van der Waals surface area contributed by atoms with Crippen molar-refractivity contribution in [2.75, 3.05) is 0 Å². The molecule has 1 saturated carbocycles. The fourth-order valence-corrected chi connectivity index (χ4v) is 3.22. The van der Waals surface area contributed by atoms with Gasteiger partial charge in [0.2, 0.25) is 0 Å². The van der Waals surface area contributed by atoms with Gasteiger partial charge in [0.05, 0.1) is 4.90 Å². The summed E-state index contributed by atoms with van der Waals surface area (Å²) in [6.45, 7) is 4.22. The highest BCUT2D eigenvalue weighted by atomic mass is 32.2. The van der Waals surface area contributed by atoms with E-state index in [4.69, 9.17) is 4.55 Å². The second-order valence-electron chi connectivity index (χ2n) is 5.11. The van der Waals surface area contributed by atoms with E-state index < -0.39 is 10.1 Å². The Kier molecular flexibility index (Phi) is 3.27. The normalized spacial score (nSPS) is 25.1. The molecule has 2 atom stereocenters. The molecule has 1 N–H and O–H groups in total. The Morgan fingerprint density at radius 3 is 2.53 bits per heavy atom. The first-order valence-electron chi connectivity index (χ1n) is 5.96. The van der Waals surface area contributed by atoms with Crippen molar-refractivity contribution in [3.8, 4) is 0 Å². The molecule has 94 valence electrons. The molecule has 2 unspecified atom stereocenters. The van der Waals surface area contributed by atoms with Crippen molar-refractivity contribution in [3.05, 3.63) is 29.3 Å². The van der Waals surface area contributed by atoms with Crippen molar-refractivity contribution >= 4 is 10.1 Å². The van der Waals surface area contributed by atoms with Gasteiger partial charge < -0.3 is 0 Å². The van der Waals surface area contributed by atoms with E-state index in [2.05, 4.69) is 6.92 Å². The fraction of sp³-hybridized carbons (Fsp3) is 0.538. The van der Waals surface area contributed by atoms with Crippen LogP contribution >= 0.6 is 0 Å². The van der Waals surface area contributed by atoms with E-state index in [0.717, 1.165) is 24.0 Å². The fourth-order valence-electron chi connectivity index (χ4n) is 2.71. The largest absolute Gasteiger partial charge is 0.294 e. The molecular formula is C13H18O3S. The Morgan fingerprint density at radius 2 is 2.00 bits per heavy atom. The van der Waals surface area contributed by atoms with Crippen LogP contribution in [-0.4, -0.2) is 13.0 Å². The first kappa shape index (κ1) is 12.6. The number of aryl methyl sites for hydroxylation is 1. The van der Waals surface area contributed by atoms with E-state index in [1.807, 2.05) is 6.92 Å². The van der Waals surface area contributed by atoms with Crippen LogP contribution < -0.4 is 0 Å². The van der Waals surface area contributed by atoms with E-state index >= 15 is 0 Å². The average Bonchev–Trinajstić information content (AvgIpc) is 2.63. The number of hydrogen-bond acceptors (Lipinski definition) is 2. The summed E-state index contributed by atoms with van der Waals surface area (Å²) in [7, 11) is -4.09. The van der Waals surface area contributed by atoms with Crippen LogP contribution in [0.3, 0.4) is 0 Å². The van der Waals surface area contributed by atoms with Gasteiger partial charge in [-0.2, -0.15) is 8.42 Å². The van der Waals surface area contributed by atoms with Crippen molar-refractivity contribution in [1.82, 2.24) is 0 Å². The minimum absolute atomic E-state index is 0.0117. The molecule has 2 rings (SSSR count). The second kappa shape index (κ2) is 4.42. The van der Waals surface area contributed by atoms with Crippen molar-refractivity contribution < 1.29 is 13.0 Å². The summed E-state index contributed by atoms with van der Waals surface area (Å²) in [5.74, 6) is 1.14. The molecule has 0 spiro atoms. The Bertz CT molecular complexity index is 519. The molecule has 1 fully saturated rings. The third-order valence-corrected chi connectivity index (χ3v) is 4.53. The van der Waals surface area contributed by atoms with Crippen LogP contribution in [0.5, 0.6) is 0 Å². The molecule has 0 aliphatic heterocycles. The van der Waals surface area contributed by atoms with E-state index in [1.54, 1.807) is 12.1 Å². The molecule has 0 radical (unpaired) electrons. The first-order chi connectivity index (χ1) is 7.88. The van der Waals surface area contributed by atoms with Crippen LogP contribution in [0, 0.1) is 12.8 Å². The maximum atomic E-state index is 11.1. The lowest BCUT2D eigenvalue weighted by molar-refractivity contribution is 0.483. The zero-order valence-electron chi connectivity index (χ0n) is 10.2. The van der Waals surface area contributed by atoms with E-state index in [-0.39, 0.29) is 4.90 Å². The quantitative estimate of drug-likeness (QED) is 0.825. The van der Waals surface area contributed by atoms with Gasteiger partial charge in [-0.15, -0.1) is 0 Å². The van der Waals surface area contributed by atoms with Gasteiger partial charge in [0.1, 0.15) is 0 Å². The standard InChI is InChI=1S/C13H18O3S/c1-9-3-5-11(7-9)13-8-12(17(14,15)16)6-4-10(13)2/h4,6,8-9,11H,3,5,7H2,1-2H3,(H,14,15,16). The molecule has 1 aliphatic carbocycles. The highest BCUT2D eigenvalue weighted by Gasteiger charge is 2.25. The van der Waals surface area contributed by atoms with Gasteiger partial charge in [0.25, 0.3) is 10.1 Å². The Labute approximate surface area is 103 Å². The molecule has 0 heterocycles. The lowest BCUT2D eigenvalue weighted by Crippen LogP contribution is -2.03. The Balaban J connectivity index is 2.40. The van der Waals surface area contributed by atoms with Crippen LogP contribution in [0.4, 0.5) is 0 Å². The molecule has 1 aliphatic rings. The van der Waals surface area contributed by atoms with Crippen LogP contribution in [-0.2, 0) is 10.1 Å². The maximum Gasteiger partial charge on any atom is 0.294 e. The van der Waals surface area contributed by atoms with Gasteiger partial charge in [-0.3, -0.25) is 4.55 Å². The minimum Gasteiger partial charge on any atom is -0.282 e. The third-order valence-electron chi connectivity index (χ3n) is 3.68. The van der Waals surface area contributed by atoms with Gasteiger partial charge in [-0.05, 0) is 54.9 Å². The highest BCUT2D eigenvalue weighted by molar-refractivity contribution is 7.85. The zero-order chi connectivity index (χ0) is 12.6. The number of benzene rings is 1. The van der Waals surface area contributed by atoms with Crippen molar-refractivity contribution in [3.63, 3.8) is 0 Å². The first-order valence-corrected chi connectivity index (χ1v) is 7.40. The van der Waals surface area contributed by atoms with Gasteiger partial charge in [0, 0.05) is 0 Å². The number of hydrogen-bond donors (Lipinski definition) is 1. The summed E-state index contributed by atoms with van der Waals surface area (Å²) < 4.78 is 31.3. The molecule has 1 aromatic carbocycles. The molecule has 0 saturated heterocycles. The van der Waals surface area contributed by atoms with Gasteiger partial charge in [0.15, 0.2) is 0 Å². The zero-order valence-corrected chi connectivity index (χ0v) is 11.0. The van der Waals surface area contributed by atoms with E-state index in [9.17, 15) is 8.42 Å². The lowest BCUT2D eigenvalue weighted by atomic mass is 9.93. The van der Waals surface area contributed by atoms with Gasteiger partial charge in [-0.25, -0.2) is 0 Å². The van der Waals surface area contributed by atoms with Crippen LogP contribution in [0.25, 0.3) is 0 Å². The summed E-state index contributed by atoms with van der Waals surface area (Å²) in [6, 6.07) is 4.88. The van der Waals surface area contributed by atoms with Crippen molar-refractivity contribution in [1.29, 1.82) is 0 Å². The van der Waals surface area contributed by atoms with Gasteiger partial charge in [-0.1, -0.05) is 19.4 Å². The number of rotatable bonds is 2. The summed E-state index contributed by atoms with van der Waals surface area (Å²) in [5.41, 5.74) is 2.18. The van der Waals surface area contributed by atoms with E-state index in [1.165, 1.54) is 12.5 Å². The Hall–Kier alpha value is -0.870. The predicted molar refractivity (Wildman–Crippen MR) is 66.7 cm³/mol. The summed E-state index contributed by atoms with van der Waals surface area (Å²) in [4.78, 5) is 0.0117. The molecule has 4 heteroatoms. The Morgan fingerprint density at radius 1 is 1.29 bits per heavy atom. The second-order valence-corrected chi connectivity index (χ2v) is 6.53. The predicted octanol–water partition coefficient (Wildman–Crippen LogP) is 3.15. The highest BCUT2D eigenvalue weighted by Crippen LogP contribution is 2.39. The molecule has 0 amide bonds. The van der Waals surface area contributed by atoms with Crippen molar-refractivity contribution in [2.24, 2.45) is 5.92 Å². The summed E-state index contributed by atoms with van der Waals surface area (Å²) in [5, 5.41) is 0.